The summed E-state index contributed by atoms with van der Waals surface area (Å²) in [5, 5.41) is 20.1. The smallest absolute Gasteiger partial charge is 0.272 e. The van der Waals surface area contributed by atoms with Crippen LogP contribution in [0.3, 0.4) is 0 Å². The first-order valence-corrected chi connectivity index (χ1v) is 5.02. The van der Waals surface area contributed by atoms with E-state index < -0.39 is 4.92 Å². The molecular formula is C11H16N2O3. The van der Waals surface area contributed by atoms with Crippen LogP contribution in [0, 0.1) is 15.5 Å². The third-order valence-electron chi connectivity index (χ3n) is 2.48. The molecular weight excluding hydrogens is 208 g/mol. The van der Waals surface area contributed by atoms with Crippen molar-refractivity contribution in [2.24, 2.45) is 11.1 Å². The van der Waals surface area contributed by atoms with Gasteiger partial charge in [-0.3, -0.25) is 10.1 Å². The van der Waals surface area contributed by atoms with Crippen molar-refractivity contribution in [3.8, 4) is 5.75 Å². The molecule has 1 aromatic carbocycles. The molecule has 0 saturated heterocycles. The normalized spacial score (nSPS) is 11.4. The Bertz CT molecular complexity index is 402. The number of rotatable bonds is 4. The van der Waals surface area contributed by atoms with Crippen LogP contribution >= 0.6 is 0 Å². The molecule has 0 fully saturated rings. The topological polar surface area (TPSA) is 89.4 Å². The maximum Gasteiger partial charge on any atom is 0.272 e. The molecule has 16 heavy (non-hydrogen) atoms. The monoisotopic (exact) mass is 224 g/mol. The van der Waals surface area contributed by atoms with E-state index in [4.69, 9.17) is 5.73 Å². The third kappa shape index (κ3) is 2.93. The summed E-state index contributed by atoms with van der Waals surface area (Å²) in [7, 11) is 0. The van der Waals surface area contributed by atoms with Crippen LogP contribution in [-0.2, 0) is 6.42 Å². The standard InChI is InChI=1S/C11H16N2O3/c1-11(2,7-12)6-8-5-9(14)3-4-10(8)13(15)16/h3-5,14H,6-7,12H2,1-2H3. The Morgan fingerprint density at radius 3 is 2.62 bits per heavy atom. The van der Waals surface area contributed by atoms with E-state index >= 15 is 0 Å². The number of nitrogens with zero attached hydrogens (tertiary/aromatic N) is 1. The van der Waals surface area contributed by atoms with E-state index in [1.807, 2.05) is 13.8 Å². The minimum Gasteiger partial charge on any atom is -0.508 e. The van der Waals surface area contributed by atoms with Crippen LogP contribution in [0.2, 0.25) is 0 Å². The molecule has 1 aromatic rings. The molecule has 0 aromatic heterocycles. The summed E-state index contributed by atoms with van der Waals surface area (Å²) >= 11 is 0. The van der Waals surface area contributed by atoms with Crippen molar-refractivity contribution in [1.29, 1.82) is 0 Å². The summed E-state index contributed by atoms with van der Waals surface area (Å²) in [4.78, 5) is 10.4. The zero-order chi connectivity index (χ0) is 12.3. The lowest BCUT2D eigenvalue weighted by Crippen LogP contribution is -2.26. The van der Waals surface area contributed by atoms with Gasteiger partial charge in [0.25, 0.3) is 5.69 Å². The molecule has 5 heteroatoms. The van der Waals surface area contributed by atoms with Gasteiger partial charge in [0, 0.05) is 11.6 Å². The van der Waals surface area contributed by atoms with Crippen LogP contribution in [0.25, 0.3) is 0 Å². The molecule has 0 aliphatic rings. The Balaban J connectivity index is 3.10. The van der Waals surface area contributed by atoms with Crippen molar-refractivity contribution in [2.45, 2.75) is 20.3 Å². The van der Waals surface area contributed by atoms with E-state index in [9.17, 15) is 15.2 Å². The van der Waals surface area contributed by atoms with Gasteiger partial charge in [-0.15, -0.1) is 0 Å². The van der Waals surface area contributed by atoms with Gasteiger partial charge >= 0.3 is 0 Å². The first-order valence-electron chi connectivity index (χ1n) is 5.02. The number of aromatic hydroxyl groups is 1. The van der Waals surface area contributed by atoms with E-state index in [0.717, 1.165) is 0 Å². The van der Waals surface area contributed by atoms with Crippen LogP contribution in [0.1, 0.15) is 19.4 Å². The number of phenolic OH excluding ortho intramolecular Hbond substituents is 1. The molecule has 0 atom stereocenters. The number of nitro benzene ring substituents is 1. The molecule has 0 radical (unpaired) electrons. The van der Waals surface area contributed by atoms with Gasteiger partial charge in [-0.25, -0.2) is 0 Å². The first kappa shape index (κ1) is 12.4. The zero-order valence-corrected chi connectivity index (χ0v) is 9.43. The molecule has 3 N–H and O–H groups in total. The summed E-state index contributed by atoms with van der Waals surface area (Å²) in [6.07, 6.45) is 0.466. The van der Waals surface area contributed by atoms with E-state index in [1.54, 1.807) is 0 Å². The zero-order valence-electron chi connectivity index (χ0n) is 9.43. The van der Waals surface area contributed by atoms with Crippen LogP contribution in [0.15, 0.2) is 18.2 Å². The van der Waals surface area contributed by atoms with Crippen molar-refractivity contribution in [2.75, 3.05) is 6.54 Å². The first-order chi connectivity index (χ1) is 7.35. The van der Waals surface area contributed by atoms with Gasteiger partial charge in [0.2, 0.25) is 0 Å². The summed E-state index contributed by atoms with van der Waals surface area (Å²) in [5.74, 6) is 0.0356. The molecule has 88 valence electrons. The molecule has 0 spiro atoms. The predicted molar refractivity (Wildman–Crippen MR) is 61.3 cm³/mol. The summed E-state index contributed by atoms with van der Waals surface area (Å²) in [6, 6.07) is 4.06. The van der Waals surface area contributed by atoms with Crippen LogP contribution in [0.5, 0.6) is 5.75 Å². The molecule has 1 rings (SSSR count). The number of hydrogen-bond acceptors (Lipinski definition) is 4. The van der Waals surface area contributed by atoms with E-state index in [2.05, 4.69) is 0 Å². The lowest BCUT2D eigenvalue weighted by atomic mass is 9.85. The van der Waals surface area contributed by atoms with Crippen molar-refractivity contribution in [1.82, 2.24) is 0 Å². The molecule has 0 amide bonds. The minimum atomic E-state index is -0.443. The predicted octanol–water partition coefficient (Wildman–Crippen LogP) is 1.83. The van der Waals surface area contributed by atoms with Crippen molar-refractivity contribution in [3.05, 3.63) is 33.9 Å². The van der Waals surface area contributed by atoms with Crippen LogP contribution in [-0.4, -0.2) is 16.6 Å². The van der Waals surface area contributed by atoms with E-state index in [0.29, 0.717) is 18.5 Å². The summed E-state index contributed by atoms with van der Waals surface area (Å²) in [6.45, 7) is 4.29. The highest BCUT2D eigenvalue weighted by Crippen LogP contribution is 2.29. The number of nitro groups is 1. The van der Waals surface area contributed by atoms with Gasteiger partial charge < -0.3 is 10.8 Å². The molecule has 0 aliphatic carbocycles. The Labute approximate surface area is 94.0 Å². The lowest BCUT2D eigenvalue weighted by Gasteiger charge is -2.22. The SMILES string of the molecule is CC(C)(CN)Cc1cc(O)ccc1[N+](=O)[O-]. The minimum absolute atomic E-state index is 0.0272. The van der Waals surface area contributed by atoms with Gasteiger partial charge in [-0.1, -0.05) is 13.8 Å². The van der Waals surface area contributed by atoms with Crippen molar-refractivity contribution < 1.29 is 10.0 Å². The fraction of sp³-hybridized carbons (Fsp3) is 0.455. The highest BCUT2D eigenvalue weighted by atomic mass is 16.6. The molecule has 0 saturated carbocycles. The second-order valence-electron chi connectivity index (χ2n) is 4.62. The Hall–Kier alpha value is -1.62. The van der Waals surface area contributed by atoms with Gasteiger partial charge in [0.05, 0.1) is 4.92 Å². The summed E-state index contributed by atoms with van der Waals surface area (Å²) < 4.78 is 0. The molecule has 0 aliphatic heterocycles. The largest absolute Gasteiger partial charge is 0.508 e. The van der Waals surface area contributed by atoms with Gasteiger partial charge in [0.15, 0.2) is 0 Å². The number of benzene rings is 1. The average molecular weight is 224 g/mol. The average Bonchev–Trinajstić information content (AvgIpc) is 2.16. The fourth-order valence-corrected chi connectivity index (χ4v) is 1.48. The van der Waals surface area contributed by atoms with Gasteiger partial charge in [0.1, 0.15) is 5.75 Å². The van der Waals surface area contributed by atoms with Crippen LogP contribution in [0.4, 0.5) is 5.69 Å². The van der Waals surface area contributed by atoms with Crippen molar-refractivity contribution >= 4 is 5.69 Å². The number of phenols is 1. The maximum absolute atomic E-state index is 10.8. The third-order valence-corrected chi connectivity index (χ3v) is 2.48. The number of nitrogens with two attached hydrogens (primary N) is 1. The van der Waals surface area contributed by atoms with Gasteiger partial charge in [-0.05, 0) is 30.5 Å². The van der Waals surface area contributed by atoms with Crippen molar-refractivity contribution in [3.63, 3.8) is 0 Å². The Kier molecular flexibility index (Phi) is 3.49. The number of hydrogen-bond donors (Lipinski definition) is 2. The molecule has 0 unspecified atom stereocenters. The van der Waals surface area contributed by atoms with Crippen LogP contribution < -0.4 is 5.73 Å². The van der Waals surface area contributed by atoms with E-state index in [-0.39, 0.29) is 16.9 Å². The maximum atomic E-state index is 10.8. The quantitative estimate of drug-likeness (QED) is 0.603. The highest BCUT2D eigenvalue weighted by Gasteiger charge is 2.22. The Morgan fingerprint density at radius 1 is 1.50 bits per heavy atom. The lowest BCUT2D eigenvalue weighted by molar-refractivity contribution is -0.385. The van der Waals surface area contributed by atoms with E-state index in [1.165, 1.54) is 18.2 Å². The highest BCUT2D eigenvalue weighted by molar-refractivity contribution is 5.45. The Morgan fingerprint density at radius 2 is 2.12 bits per heavy atom. The summed E-state index contributed by atoms with van der Waals surface area (Å²) in [5.41, 5.74) is 5.90. The molecule has 0 bridgehead atoms. The molecule has 0 heterocycles. The van der Waals surface area contributed by atoms with Gasteiger partial charge in [-0.2, -0.15) is 0 Å². The second-order valence-corrected chi connectivity index (χ2v) is 4.62. The molecule has 5 nitrogen and oxygen atoms in total. The second kappa shape index (κ2) is 4.49. The fourth-order valence-electron chi connectivity index (χ4n) is 1.48.